The molecule has 2 aromatic carbocycles. The summed E-state index contributed by atoms with van der Waals surface area (Å²) < 4.78 is 11.5. The fraction of sp³-hybridized carbons (Fsp3) is 0.385. The van der Waals surface area contributed by atoms with E-state index in [1.807, 2.05) is 36.4 Å². The topological polar surface area (TPSA) is 96.5 Å². The third-order valence-corrected chi connectivity index (χ3v) is 7.46. The fourth-order valence-corrected chi connectivity index (χ4v) is 5.99. The van der Waals surface area contributed by atoms with Crippen molar-refractivity contribution in [2.75, 3.05) is 20.7 Å². The molecule has 2 saturated heterocycles. The number of barbiturate groups is 1. The molecule has 1 aliphatic carbocycles. The van der Waals surface area contributed by atoms with Gasteiger partial charge in [0.1, 0.15) is 11.5 Å². The molecule has 2 aromatic rings. The molecule has 0 radical (unpaired) electrons. The van der Waals surface area contributed by atoms with E-state index in [2.05, 4.69) is 0 Å². The molecule has 0 bridgehead atoms. The molecule has 2 aliphatic heterocycles. The summed E-state index contributed by atoms with van der Waals surface area (Å²) in [5, 5.41) is 0. The van der Waals surface area contributed by atoms with Crippen LogP contribution in [0.2, 0.25) is 0 Å². The molecule has 0 N–H and O–H groups in total. The number of benzene rings is 2. The summed E-state index contributed by atoms with van der Waals surface area (Å²) in [6.07, 6.45) is -0.263. The molecule has 3 fully saturated rings. The Morgan fingerprint density at radius 2 is 1.47 bits per heavy atom. The largest absolute Gasteiger partial charge is 0.464 e. The molecule has 4 atom stereocenters. The summed E-state index contributed by atoms with van der Waals surface area (Å²) in [7, 11) is 2.74. The van der Waals surface area contributed by atoms with Gasteiger partial charge in [-0.2, -0.15) is 0 Å². The van der Waals surface area contributed by atoms with Gasteiger partial charge in [0.25, 0.3) is 0 Å². The molecule has 1 spiro atoms. The lowest BCUT2D eigenvalue weighted by molar-refractivity contribution is -0.167. The van der Waals surface area contributed by atoms with Crippen LogP contribution in [0.15, 0.2) is 60.7 Å². The second kappa shape index (κ2) is 7.77. The first kappa shape index (κ1) is 22.3. The predicted molar refractivity (Wildman–Crippen MR) is 121 cm³/mol. The molecule has 0 aromatic heterocycles. The lowest BCUT2D eigenvalue weighted by atomic mass is 9.51. The smallest absolute Gasteiger partial charge is 0.341 e. The van der Waals surface area contributed by atoms with Crippen molar-refractivity contribution >= 4 is 23.8 Å². The zero-order valence-electron chi connectivity index (χ0n) is 19.3. The molecule has 8 heteroatoms. The SMILES string of the molecule is CCOC(=O)[C@]12O[C@@H]1C[C@@H](c1ccccc1)C1(C(=O)N(C)C(=O)N(C)C1=O)[C@H]2c1ccccc1. The quantitative estimate of drug-likeness (QED) is 0.394. The highest BCUT2D eigenvalue weighted by atomic mass is 16.7. The number of hydrogen-bond donors (Lipinski definition) is 0. The maximum Gasteiger partial charge on any atom is 0.341 e. The van der Waals surface area contributed by atoms with E-state index in [1.54, 1.807) is 31.2 Å². The van der Waals surface area contributed by atoms with Gasteiger partial charge >= 0.3 is 12.0 Å². The van der Waals surface area contributed by atoms with E-state index in [-0.39, 0.29) is 13.0 Å². The Bertz CT molecular complexity index is 1140. The van der Waals surface area contributed by atoms with Crippen LogP contribution in [0.25, 0.3) is 0 Å². The molecule has 34 heavy (non-hydrogen) atoms. The summed E-state index contributed by atoms with van der Waals surface area (Å²) in [5.41, 5.74) is -1.89. The highest BCUT2D eigenvalue weighted by molar-refractivity contribution is 6.21. The summed E-state index contributed by atoms with van der Waals surface area (Å²) >= 11 is 0. The van der Waals surface area contributed by atoms with Crippen molar-refractivity contribution in [3.05, 3.63) is 71.8 Å². The monoisotopic (exact) mass is 462 g/mol. The van der Waals surface area contributed by atoms with Gasteiger partial charge < -0.3 is 9.47 Å². The van der Waals surface area contributed by atoms with Crippen LogP contribution in [-0.4, -0.2) is 66.0 Å². The number of nitrogens with zero attached hydrogens (tertiary/aromatic N) is 2. The Labute approximate surface area is 197 Å². The van der Waals surface area contributed by atoms with Gasteiger partial charge in [-0.05, 0) is 24.5 Å². The van der Waals surface area contributed by atoms with Crippen LogP contribution in [-0.2, 0) is 23.9 Å². The van der Waals surface area contributed by atoms with Crippen LogP contribution in [0.4, 0.5) is 4.79 Å². The predicted octanol–water partition coefficient (Wildman–Crippen LogP) is 2.70. The molecular weight excluding hydrogens is 436 g/mol. The molecular formula is C26H26N2O6. The van der Waals surface area contributed by atoms with Gasteiger partial charge in [0.2, 0.25) is 11.8 Å². The Hall–Kier alpha value is -3.52. The van der Waals surface area contributed by atoms with E-state index in [4.69, 9.17) is 9.47 Å². The molecule has 2 heterocycles. The van der Waals surface area contributed by atoms with Crippen molar-refractivity contribution in [1.82, 2.24) is 9.80 Å². The van der Waals surface area contributed by atoms with Crippen LogP contribution >= 0.6 is 0 Å². The minimum Gasteiger partial charge on any atom is -0.464 e. The second-order valence-corrected chi connectivity index (χ2v) is 9.04. The number of rotatable bonds is 4. The number of esters is 1. The highest BCUT2D eigenvalue weighted by Gasteiger charge is 2.82. The van der Waals surface area contributed by atoms with Crippen LogP contribution in [0.1, 0.15) is 36.3 Å². The summed E-state index contributed by atoms with van der Waals surface area (Å²) in [4.78, 5) is 56.5. The second-order valence-electron chi connectivity index (χ2n) is 9.04. The Morgan fingerprint density at radius 3 is 2.00 bits per heavy atom. The van der Waals surface area contributed by atoms with E-state index >= 15 is 0 Å². The molecule has 5 rings (SSSR count). The third kappa shape index (κ3) is 2.75. The number of hydrogen-bond acceptors (Lipinski definition) is 6. The van der Waals surface area contributed by atoms with Crippen molar-refractivity contribution in [2.24, 2.45) is 5.41 Å². The van der Waals surface area contributed by atoms with Gasteiger partial charge in [0.15, 0.2) is 5.60 Å². The van der Waals surface area contributed by atoms with Gasteiger partial charge in [-0.1, -0.05) is 60.7 Å². The zero-order valence-corrected chi connectivity index (χ0v) is 19.3. The van der Waals surface area contributed by atoms with Gasteiger partial charge in [-0.3, -0.25) is 19.4 Å². The molecule has 1 saturated carbocycles. The van der Waals surface area contributed by atoms with Gasteiger partial charge in [0, 0.05) is 20.0 Å². The van der Waals surface area contributed by atoms with E-state index in [9.17, 15) is 19.2 Å². The summed E-state index contributed by atoms with van der Waals surface area (Å²) in [6.45, 7) is 1.83. The first-order chi connectivity index (χ1) is 16.3. The Balaban J connectivity index is 1.83. The van der Waals surface area contributed by atoms with Gasteiger partial charge in [-0.25, -0.2) is 9.59 Å². The number of amides is 4. The normalized spacial score (nSPS) is 29.7. The van der Waals surface area contributed by atoms with Crippen LogP contribution in [0.3, 0.4) is 0 Å². The number of carbonyl (C=O) groups excluding carboxylic acids is 4. The van der Waals surface area contributed by atoms with Crippen LogP contribution in [0, 0.1) is 5.41 Å². The van der Waals surface area contributed by atoms with Crippen molar-refractivity contribution in [2.45, 2.75) is 36.9 Å². The molecule has 176 valence electrons. The minimum absolute atomic E-state index is 0.132. The number of urea groups is 1. The number of ether oxygens (including phenoxy) is 2. The number of imide groups is 2. The Morgan fingerprint density at radius 1 is 0.941 bits per heavy atom. The first-order valence-corrected chi connectivity index (χ1v) is 11.4. The standard InChI is InChI=1S/C26H26N2O6/c1-4-33-23(31)26-19(34-26)15-18(16-11-7-5-8-12-16)25(20(26)17-13-9-6-10-14-17)21(29)27(2)24(32)28(3)22(25)30/h5-14,18-20H,4,15H2,1-3H3/t18-,19+,20+,26-/m0/s1. The Kier molecular flexibility index (Phi) is 5.09. The van der Waals surface area contributed by atoms with Crippen molar-refractivity contribution in [3.8, 4) is 0 Å². The first-order valence-electron chi connectivity index (χ1n) is 11.4. The molecule has 8 nitrogen and oxygen atoms in total. The van der Waals surface area contributed by atoms with E-state index < -0.39 is 52.8 Å². The summed E-state index contributed by atoms with van der Waals surface area (Å²) in [5.74, 6) is -3.47. The third-order valence-electron chi connectivity index (χ3n) is 7.46. The van der Waals surface area contributed by atoms with Crippen LogP contribution < -0.4 is 0 Å². The molecule has 3 aliphatic rings. The van der Waals surface area contributed by atoms with Crippen molar-refractivity contribution < 1.29 is 28.7 Å². The average Bonchev–Trinajstić information content (AvgIpc) is 3.61. The van der Waals surface area contributed by atoms with Gasteiger partial charge in [0.05, 0.1) is 12.5 Å². The van der Waals surface area contributed by atoms with E-state index in [1.165, 1.54) is 14.1 Å². The number of fused-ring (bicyclic) bond motifs is 1. The lowest BCUT2D eigenvalue weighted by Gasteiger charge is -2.52. The average molecular weight is 463 g/mol. The number of carbonyl (C=O) groups is 4. The van der Waals surface area contributed by atoms with Crippen molar-refractivity contribution in [3.63, 3.8) is 0 Å². The number of epoxide rings is 1. The highest BCUT2D eigenvalue weighted by Crippen LogP contribution is 2.68. The maximum atomic E-state index is 14.2. The molecule has 0 unspecified atom stereocenters. The maximum absolute atomic E-state index is 14.2. The van der Waals surface area contributed by atoms with Crippen LogP contribution in [0.5, 0.6) is 0 Å². The molecule has 4 amide bonds. The van der Waals surface area contributed by atoms with E-state index in [0.717, 1.165) is 15.4 Å². The van der Waals surface area contributed by atoms with Crippen molar-refractivity contribution in [1.29, 1.82) is 0 Å². The van der Waals surface area contributed by atoms with E-state index in [0.29, 0.717) is 5.56 Å². The van der Waals surface area contributed by atoms with Gasteiger partial charge in [-0.15, -0.1) is 0 Å². The minimum atomic E-state index is -1.78. The lowest BCUT2D eigenvalue weighted by Crippen LogP contribution is -2.70. The fourth-order valence-electron chi connectivity index (χ4n) is 5.99. The zero-order chi connectivity index (χ0) is 24.3. The summed E-state index contributed by atoms with van der Waals surface area (Å²) in [6, 6.07) is 17.6.